The highest BCUT2D eigenvalue weighted by Crippen LogP contribution is 2.30. The monoisotopic (exact) mass is 323 g/mol. The van der Waals surface area contributed by atoms with E-state index in [1.165, 1.54) is 18.4 Å². The summed E-state index contributed by atoms with van der Waals surface area (Å²) >= 11 is 0. The van der Waals surface area contributed by atoms with Crippen LogP contribution in [0.25, 0.3) is 0 Å². The van der Waals surface area contributed by atoms with Crippen molar-refractivity contribution >= 4 is 17.4 Å². The van der Waals surface area contributed by atoms with Gasteiger partial charge < -0.3 is 15.0 Å². The summed E-state index contributed by atoms with van der Waals surface area (Å²) in [5, 5.41) is 3.03. The smallest absolute Gasteiger partial charge is 0.258 e. The van der Waals surface area contributed by atoms with Crippen LogP contribution >= 0.6 is 0 Å². The highest BCUT2D eigenvalue weighted by molar-refractivity contribution is 5.97. The van der Waals surface area contributed by atoms with Gasteiger partial charge >= 0.3 is 0 Å². The lowest BCUT2D eigenvalue weighted by atomic mass is 9.97. The van der Waals surface area contributed by atoms with Crippen molar-refractivity contribution in [1.82, 2.24) is 4.98 Å². The molecule has 3 heterocycles. The van der Waals surface area contributed by atoms with Crippen molar-refractivity contribution in [3.8, 4) is 0 Å². The van der Waals surface area contributed by atoms with E-state index in [9.17, 15) is 4.79 Å². The first kappa shape index (κ1) is 15.1. The van der Waals surface area contributed by atoms with Crippen molar-refractivity contribution in [3.05, 3.63) is 53.7 Å². The third-order valence-corrected chi connectivity index (χ3v) is 4.68. The maximum absolute atomic E-state index is 12.8. The predicted molar refractivity (Wildman–Crippen MR) is 93.2 cm³/mol. The molecular formula is C19H21N3O2. The first-order chi connectivity index (χ1) is 11.8. The molecule has 2 aliphatic heterocycles. The number of carbonyl (C=O) groups is 1. The van der Waals surface area contributed by atoms with E-state index in [0.717, 1.165) is 36.6 Å². The molecule has 0 radical (unpaired) electrons. The van der Waals surface area contributed by atoms with E-state index >= 15 is 0 Å². The van der Waals surface area contributed by atoms with Crippen LogP contribution in [-0.4, -0.2) is 30.6 Å². The Labute approximate surface area is 141 Å². The molecule has 0 saturated carbocycles. The van der Waals surface area contributed by atoms with Gasteiger partial charge in [0.25, 0.3) is 5.91 Å². The summed E-state index contributed by atoms with van der Waals surface area (Å²) < 4.78 is 5.76. The second-order valence-corrected chi connectivity index (χ2v) is 6.26. The summed E-state index contributed by atoms with van der Waals surface area (Å²) in [7, 11) is 0. The number of fused-ring (bicyclic) bond motifs is 1. The lowest BCUT2D eigenvalue weighted by Gasteiger charge is -2.26. The number of pyridine rings is 1. The highest BCUT2D eigenvalue weighted by Gasteiger charge is 2.28. The van der Waals surface area contributed by atoms with E-state index in [-0.39, 0.29) is 5.91 Å². The Morgan fingerprint density at radius 1 is 1.17 bits per heavy atom. The Bertz CT molecular complexity index is 741. The Morgan fingerprint density at radius 2 is 2.00 bits per heavy atom. The minimum Gasteiger partial charge on any atom is -0.363 e. The van der Waals surface area contributed by atoms with Gasteiger partial charge in [-0.2, -0.15) is 0 Å². The van der Waals surface area contributed by atoms with Crippen LogP contribution in [0.4, 0.5) is 11.5 Å². The number of ether oxygens (including phenoxy) is 1. The van der Waals surface area contributed by atoms with Crippen molar-refractivity contribution in [2.45, 2.75) is 25.4 Å². The Hall–Kier alpha value is -2.40. The van der Waals surface area contributed by atoms with E-state index in [4.69, 9.17) is 4.74 Å². The van der Waals surface area contributed by atoms with Crippen LogP contribution < -0.4 is 10.2 Å². The molecule has 5 nitrogen and oxygen atoms in total. The molecular weight excluding hydrogens is 302 g/mol. The van der Waals surface area contributed by atoms with Gasteiger partial charge in [-0.05, 0) is 42.5 Å². The molecule has 1 aromatic carbocycles. The van der Waals surface area contributed by atoms with Gasteiger partial charge in [-0.1, -0.05) is 24.3 Å². The molecule has 5 heteroatoms. The van der Waals surface area contributed by atoms with Crippen molar-refractivity contribution in [1.29, 1.82) is 0 Å². The Kier molecular flexibility index (Phi) is 4.17. The van der Waals surface area contributed by atoms with E-state index in [0.29, 0.717) is 6.61 Å². The molecule has 2 aliphatic rings. The highest BCUT2D eigenvalue weighted by atomic mass is 16.5. The lowest BCUT2D eigenvalue weighted by molar-refractivity contribution is -0.128. The molecule has 0 bridgehead atoms. The summed E-state index contributed by atoms with van der Waals surface area (Å²) in [6, 6.07) is 11.8. The summed E-state index contributed by atoms with van der Waals surface area (Å²) in [5.41, 5.74) is 2.92. The van der Waals surface area contributed by atoms with Gasteiger partial charge in [0.1, 0.15) is 0 Å². The molecule has 124 valence electrons. The fourth-order valence-corrected chi connectivity index (χ4v) is 3.48. The molecule has 0 unspecified atom stereocenters. The van der Waals surface area contributed by atoms with Gasteiger partial charge in [-0.3, -0.25) is 4.79 Å². The van der Waals surface area contributed by atoms with Crippen LogP contribution in [0, 0.1) is 0 Å². The van der Waals surface area contributed by atoms with Crippen LogP contribution in [0.5, 0.6) is 0 Å². The van der Waals surface area contributed by atoms with Crippen LogP contribution in [-0.2, 0) is 16.0 Å². The molecule has 24 heavy (non-hydrogen) atoms. The van der Waals surface area contributed by atoms with Crippen molar-refractivity contribution < 1.29 is 9.53 Å². The molecule has 1 aromatic heterocycles. The van der Waals surface area contributed by atoms with Gasteiger partial charge in [-0.15, -0.1) is 0 Å². The molecule has 1 amide bonds. The fraction of sp³-hybridized carbons (Fsp3) is 0.368. The Balaban J connectivity index is 1.57. The van der Waals surface area contributed by atoms with Crippen molar-refractivity contribution in [2.75, 3.05) is 29.9 Å². The van der Waals surface area contributed by atoms with E-state index in [2.05, 4.69) is 21.3 Å². The van der Waals surface area contributed by atoms with Gasteiger partial charge in [-0.25, -0.2) is 4.98 Å². The third-order valence-electron chi connectivity index (χ3n) is 4.68. The second kappa shape index (κ2) is 6.61. The van der Waals surface area contributed by atoms with Gasteiger partial charge in [0.05, 0.1) is 12.3 Å². The number of rotatable bonds is 3. The third kappa shape index (κ3) is 2.87. The maximum atomic E-state index is 12.8. The van der Waals surface area contributed by atoms with Crippen LogP contribution in [0.1, 0.15) is 30.1 Å². The summed E-state index contributed by atoms with van der Waals surface area (Å²) in [4.78, 5) is 19.5. The Morgan fingerprint density at radius 3 is 2.88 bits per heavy atom. The van der Waals surface area contributed by atoms with E-state index in [1.807, 2.05) is 30.3 Å². The number of carbonyl (C=O) groups excluding carboxylic acids is 1. The van der Waals surface area contributed by atoms with Gasteiger partial charge in [0, 0.05) is 19.3 Å². The molecule has 0 spiro atoms. The number of hydrogen-bond donors (Lipinski definition) is 1. The number of aromatic nitrogens is 1. The molecule has 1 atom stereocenters. The second-order valence-electron chi connectivity index (χ2n) is 6.26. The molecule has 4 rings (SSSR count). The van der Waals surface area contributed by atoms with E-state index in [1.54, 1.807) is 6.20 Å². The summed E-state index contributed by atoms with van der Waals surface area (Å²) in [5.74, 6) is 0.725. The summed E-state index contributed by atoms with van der Waals surface area (Å²) in [6.45, 7) is 2.55. The number of benzene rings is 1. The zero-order chi connectivity index (χ0) is 16.4. The summed E-state index contributed by atoms with van der Waals surface area (Å²) in [6.07, 6.45) is 4.41. The number of nitrogens with zero attached hydrogens (tertiary/aromatic N) is 2. The van der Waals surface area contributed by atoms with Gasteiger partial charge in [0.2, 0.25) is 0 Å². The predicted octanol–water partition coefficient (Wildman–Crippen LogP) is 2.93. The molecule has 2 aromatic rings. The maximum Gasteiger partial charge on any atom is 0.258 e. The largest absolute Gasteiger partial charge is 0.363 e. The number of hydrogen-bond acceptors (Lipinski definition) is 4. The first-order valence-corrected chi connectivity index (χ1v) is 8.53. The van der Waals surface area contributed by atoms with Crippen LogP contribution in [0.2, 0.25) is 0 Å². The fourth-order valence-electron chi connectivity index (χ4n) is 3.48. The molecule has 1 saturated heterocycles. The average Bonchev–Trinajstić information content (AvgIpc) is 3.16. The minimum absolute atomic E-state index is 0.129. The molecule has 1 fully saturated rings. The first-order valence-electron chi connectivity index (χ1n) is 8.53. The van der Waals surface area contributed by atoms with Crippen LogP contribution in [0.15, 0.2) is 42.6 Å². The average molecular weight is 323 g/mol. The quantitative estimate of drug-likeness (QED) is 0.943. The molecule has 0 aliphatic carbocycles. The molecule has 1 N–H and O–H groups in total. The number of anilines is 2. The van der Waals surface area contributed by atoms with E-state index < -0.39 is 6.10 Å². The van der Waals surface area contributed by atoms with Gasteiger partial charge in [0.15, 0.2) is 11.9 Å². The van der Waals surface area contributed by atoms with Crippen LogP contribution in [0.3, 0.4) is 0 Å². The minimum atomic E-state index is -0.554. The van der Waals surface area contributed by atoms with Crippen molar-refractivity contribution in [3.63, 3.8) is 0 Å². The standard InChI is InChI=1S/C19H21N3O2/c23-19(17-15-7-2-1-6-14(15)9-13-24-17)21-16-8-5-10-20-18(16)22-11-3-4-12-22/h1-2,5-8,10,17H,3-4,9,11-13H2,(H,21,23)/t17-/m0/s1. The topological polar surface area (TPSA) is 54.5 Å². The SMILES string of the molecule is O=C(Nc1cccnc1N1CCCC1)[C@H]1OCCc2ccccc21. The number of amides is 1. The van der Waals surface area contributed by atoms with Crippen molar-refractivity contribution in [2.24, 2.45) is 0 Å². The normalized spacial score (nSPS) is 19.8. The zero-order valence-electron chi connectivity index (χ0n) is 13.6. The lowest BCUT2D eigenvalue weighted by Crippen LogP contribution is -2.29. The number of nitrogens with one attached hydrogen (secondary N) is 1. The zero-order valence-corrected chi connectivity index (χ0v) is 13.6.